The van der Waals surface area contributed by atoms with Crippen molar-refractivity contribution in [3.05, 3.63) is 43.0 Å². The fourth-order valence-corrected chi connectivity index (χ4v) is 2.67. The average Bonchev–Trinajstić information content (AvgIpc) is 2.63. The lowest BCUT2D eigenvalue weighted by atomic mass is 10.2. The van der Waals surface area contributed by atoms with Crippen LogP contribution >= 0.6 is 0 Å². The van der Waals surface area contributed by atoms with Crippen molar-refractivity contribution in [2.24, 2.45) is 0 Å². The van der Waals surface area contributed by atoms with E-state index in [1.165, 1.54) is 5.69 Å². The fourth-order valence-electron chi connectivity index (χ4n) is 2.67. The molecule has 1 saturated heterocycles. The molecule has 3 rings (SSSR count). The molecule has 2 aromatic heterocycles. The summed E-state index contributed by atoms with van der Waals surface area (Å²) in [5.41, 5.74) is 1.18. The molecule has 0 bridgehead atoms. The zero-order valence-corrected chi connectivity index (χ0v) is 13.1. The van der Waals surface area contributed by atoms with E-state index >= 15 is 0 Å². The van der Waals surface area contributed by atoms with Crippen LogP contribution in [-0.2, 0) is 4.79 Å². The SMILES string of the molecule is C[C@@H](C(=O)Nc1ncccn1)N1CCN(c2ccncc2)CC1. The molecule has 0 aliphatic carbocycles. The van der Waals surface area contributed by atoms with Gasteiger partial charge in [-0.05, 0) is 25.1 Å². The van der Waals surface area contributed by atoms with E-state index in [1.807, 2.05) is 19.1 Å². The van der Waals surface area contributed by atoms with Crippen LogP contribution in [0.25, 0.3) is 0 Å². The van der Waals surface area contributed by atoms with Crippen molar-refractivity contribution < 1.29 is 4.79 Å². The van der Waals surface area contributed by atoms with Gasteiger partial charge < -0.3 is 4.90 Å². The van der Waals surface area contributed by atoms with Crippen LogP contribution in [0.5, 0.6) is 0 Å². The van der Waals surface area contributed by atoms with Crippen LogP contribution < -0.4 is 10.2 Å². The molecule has 7 nitrogen and oxygen atoms in total. The third-order valence-corrected chi connectivity index (χ3v) is 4.07. The first-order valence-corrected chi connectivity index (χ1v) is 7.71. The molecule has 0 unspecified atom stereocenters. The largest absolute Gasteiger partial charge is 0.369 e. The van der Waals surface area contributed by atoms with Crippen molar-refractivity contribution in [1.29, 1.82) is 0 Å². The van der Waals surface area contributed by atoms with Gasteiger partial charge in [0.25, 0.3) is 0 Å². The topological polar surface area (TPSA) is 74.2 Å². The zero-order valence-electron chi connectivity index (χ0n) is 13.1. The highest BCUT2D eigenvalue weighted by atomic mass is 16.2. The van der Waals surface area contributed by atoms with Crippen molar-refractivity contribution in [1.82, 2.24) is 19.9 Å². The number of piperazine rings is 1. The second-order valence-corrected chi connectivity index (χ2v) is 5.47. The van der Waals surface area contributed by atoms with Crippen LogP contribution in [0, 0.1) is 0 Å². The van der Waals surface area contributed by atoms with Gasteiger partial charge in [0.15, 0.2) is 0 Å². The molecule has 0 aromatic carbocycles. The molecule has 1 aliphatic rings. The van der Waals surface area contributed by atoms with E-state index in [-0.39, 0.29) is 11.9 Å². The number of aromatic nitrogens is 3. The maximum absolute atomic E-state index is 12.3. The van der Waals surface area contributed by atoms with E-state index < -0.39 is 0 Å². The number of anilines is 2. The number of rotatable bonds is 4. The van der Waals surface area contributed by atoms with Crippen LogP contribution in [-0.4, -0.2) is 58.0 Å². The van der Waals surface area contributed by atoms with Gasteiger partial charge in [0.05, 0.1) is 6.04 Å². The summed E-state index contributed by atoms with van der Waals surface area (Å²) in [5.74, 6) is 0.272. The van der Waals surface area contributed by atoms with Crippen molar-refractivity contribution in [3.8, 4) is 0 Å². The molecule has 0 radical (unpaired) electrons. The minimum absolute atomic E-state index is 0.0754. The Morgan fingerprint density at radius 1 is 1.09 bits per heavy atom. The lowest BCUT2D eigenvalue weighted by Crippen LogP contribution is -2.52. The summed E-state index contributed by atoms with van der Waals surface area (Å²) in [4.78, 5) is 28.9. The lowest BCUT2D eigenvalue weighted by Gasteiger charge is -2.38. The van der Waals surface area contributed by atoms with Gasteiger partial charge in [-0.1, -0.05) is 0 Å². The van der Waals surface area contributed by atoms with Gasteiger partial charge in [-0.2, -0.15) is 0 Å². The number of nitrogens with one attached hydrogen (secondary N) is 1. The predicted molar refractivity (Wildman–Crippen MR) is 88.1 cm³/mol. The molecular weight excluding hydrogens is 292 g/mol. The van der Waals surface area contributed by atoms with Gasteiger partial charge in [-0.15, -0.1) is 0 Å². The van der Waals surface area contributed by atoms with Crippen LogP contribution in [0.15, 0.2) is 43.0 Å². The van der Waals surface area contributed by atoms with Crippen molar-refractivity contribution in [2.75, 3.05) is 36.4 Å². The van der Waals surface area contributed by atoms with Crippen molar-refractivity contribution in [3.63, 3.8) is 0 Å². The fraction of sp³-hybridized carbons (Fsp3) is 0.375. The standard InChI is InChI=1S/C16H20N6O/c1-13(15(23)20-16-18-5-2-6-19-16)21-9-11-22(12-10-21)14-3-7-17-8-4-14/h2-8,13H,9-12H2,1H3,(H,18,19,20,23)/t13-/m0/s1. The van der Waals surface area contributed by atoms with Crippen LogP contribution in [0.3, 0.4) is 0 Å². The predicted octanol–water partition coefficient (Wildman–Crippen LogP) is 1.02. The first kappa shape index (κ1) is 15.4. The summed E-state index contributed by atoms with van der Waals surface area (Å²) < 4.78 is 0. The maximum Gasteiger partial charge on any atom is 0.243 e. The maximum atomic E-state index is 12.3. The normalized spacial score (nSPS) is 16.8. The molecule has 3 heterocycles. The van der Waals surface area contributed by atoms with Crippen LogP contribution in [0.1, 0.15) is 6.92 Å². The molecule has 1 N–H and O–H groups in total. The second-order valence-electron chi connectivity index (χ2n) is 5.47. The third kappa shape index (κ3) is 3.81. The minimum atomic E-state index is -0.210. The van der Waals surface area contributed by atoms with Gasteiger partial charge in [-0.25, -0.2) is 9.97 Å². The summed E-state index contributed by atoms with van der Waals surface area (Å²) >= 11 is 0. The number of hydrogen-bond acceptors (Lipinski definition) is 6. The molecular formula is C16H20N6O. The Hall–Kier alpha value is -2.54. The molecule has 1 atom stereocenters. The Morgan fingerprint density at radius 3 is 2.39 bits per heavy atom. The van der Waals surface area contributed by atoms with E-state index in [4.69, 9.17) is 0 Å². The first-order valence-electron chi connectivity index (χ1n) is 7.71. The number of carbonyl (C=O) groups excluding carboxylic acids is 1. The Morgan fingerprint density at radius 2 is 1.74 bits per heavy atom. The molecule has 0 spiro atoms. The third-order valence-electron chi connectivity index (χ3n) is 4.07. The molecule has 1 aliphatic heterocycles. The summed E-state index contributed by atoms with van der Waals surface area (Å²) in [7, 11) is 0. The van der Waals surface area contributed by atoms with Gasteiger partial charge in [0, 0.05) is 56.7 Å². The number of nitrogens with zero attached hydrogens (tertiary/aromatic N) is 5. The van der Waals surface area contributed by atoms with Gasteiger partial charge in [0.2, 0.25) is 11.9 Å². The summed E-state index contributed by atoms with van der Waals surface area (Å²) in [5, 5.41) is 2.76. The van der Waals surface area contributed by atoms with E-state index in [0.717, 1.165) is 26.2 Å². The molecule has 0 saturated carbocycles. The first-order chi connectivity index (χ1) is 11.2. The van der Waals surface area contributed by atoms with Crippen molar-refractivity contribution >= 4 is 17.5 Å². The number of carbonyl (C=O) groups is 1. The Balaban J connectivity index is 1.53. The summed E-state index contributed by atoms with van der Waals surface area (Å²) in [6.45, 7) is 5.38. The molecule has 1 amide bonds. The second kappa shape index (κ2) is 7.15. The van der Waals surface area contributed by atoms with E-state index in [9.17, 15) is 4.79 Å². The van der Waals surface area contributed by atoms with Crippen LogP contribution in [0.4, 0.5) is 11.6 Å². The van der Waals surface area contributed by atoms with Gasteiger partial charge in [-0.3, -0.25) is 20.0 Å². The Labute approximate surface area is 135 Å². The highest BCUT2D eigenvalue weighted by Gasteiger charge is 2.26. The minimum Gasteiger partial charge on any atom is -0.369 e. The summed E-state index contributed by atoms with van der Waals surface area (Å²) in [6.07, 6.45) is 6.83. The van der Waals surface area contributed by atoms with E-state index in [0.29, 0.717) is 5.95 Å². The van der Waals surface area contributed by atoms with E-state index in [1.54, 1.807) is 30.9 Å². The Bertz CT molecular complexity index is 628. The Kier molecular flexibility index (Phi) is 4.77. The number of hydrogen-bond donors (Lipinski definition) is 1. The number of amides is 1. The molecule has 7 heteroatoms. The van der Waals surface area contributed by atoms with Crippen LogP contribution in [0.2, 0.25) is 0 Å². The molecule has 120 valence electrons. The van der Waals surface area contributed by atoms with Gasteiger partial charge in [0.1, 0.15) is 0 Å². The molecule has 23 heavy (non-hydrogen) atoms. The van der Waals surface area contributed by atoms with Crippen molar-refractivity contribution in [2.45, 2.75) is 13.0 Å². The van der Waals surface area contributed by atoms with Gasteiger partial charge >= 0.3 is 0 Å². The van der Waals surface area contributed by atoms with E-state index in [2.05, 4.69) is 30.1 Å². The lowest BCUT2D eigenvalue weighted by molar-refractivity contribution is -0.120. The molecule has 1 fully saturated rings. The highest BCUT2D eigenvalue weighted by molar-refractivity contribution is 5.93. The zero-order chi connectivity index (χ0) is 16.1. The smallest absolute Gasteiger partial charge is 0.243 e. The highest BCUT2D eigenvalue weighted by Crippen LogP contribution is 2.16. The molecule has 2 aromatic rings. The number of pyridine rings is 1. The average molecular weight is 312 g/mol. The quantitative estimate of drug-likeness (QED) is 0.908. The summed E-state index contributed by atoms with van der Waals surface area (Å²) in [6, 6.07) is 5.53. The monoisotopic (exact) mass is 312 g/mol.